The molecule has 1 N–H and O–H groups in total. The molecule has 0 radical (unpaired) electrons. The van der Waals surface area contributed by atoms with Crippen molar-refractivity contribution in [1.82, 2.24) is 10.2 Å². The van der Waals surface area contributed by atoms with Gasteiger partial charge >= 0.3 is 6.09 Å². The molecule has 0 aliphatic rings. The third-order valence-corrected chi connectivity index (χ3v) is 1.52. The lowest BCUT2D eigenvalue weighted by Gasteiger charge is -2.20. The van der Waals surface area contributed by atoms with Crippen molar-refractivity contribution in [3.05, 3.63) is 0 Å². The summed E-state index contributed by atoms with van der Waals surface area (Å²) in [5.41, 5.74) is -0.584. The van der Waals surface area contributed by atoms with Crippen LogP contribution in [0.5, 0.6) is 0 Å². The highest BCUT2D eigenvalue weighted by Gasteiger charge is 2.20. The summed E-state index contributed by atoms with van der Waals surface area (Å²) in [6, 6.07) is -0.707. The van der Waals surface area contributed by atoms with Crippen LogP contribution in [0.2, 0.25) is 0 Å². The molecule has 0 aliphatic carbocycles. The van der Waals surface area contributed by atoms with E-state index in [0.717, 1.165) is 0 Å². The van der Waals surface area contributed by atoms with Crippen LogP contribution < -0.4 is 5.32 Å². The lowest BCUT2D eigenvalue weighted by Crippen LogP contribution is -2.41. The smallest absolute Gasteiger partial charge is 0.408 e. The predicted molar refractivity (Wildman–Crippen MR) is 66.0 cm³/mol. The number of hydrogen-bond donors (Lipinski definition) is 1. The molecule has 1 atom stereocenters. The van der Waals surface area contributed by atoms with Gasteiger partial charge in [-0.3, -0.25) is 4.79 Å². The predicted octanol–water partition coefficient (Wildman–Crippen LogP) is 1.02. The minimum Gasteiger partial charge on any atom is -0.444 e. The zero-order valence-electron chi connectivity index (χ0n) is 11.3. The first kappa shape index (κ1) is 15.4. The Morgan fingerprint density at radius 1 is 1.35 bits per heavy atom. The number of alkyl carbamates (subject to hydrolysis) is 1. The van der Waals surface area contributed by atoms with Crippen LogP contribution in [0, 0.1) is 0 Å². The summed E-state index contributed by atoms with van der Waals surface area (Å²) in [5, 5.41) is 2.42. The van der Waals surface area contributed by atoms with Crippen molar-refractivity contribution < 1.29 is 14.3 Å². The molecule has 1 unspecified atom stereocenters. The second kappa shape index (κ2) is 6.22. The quantitative estimate of drug-likeness (QED) is 0.593. The minimum atomic E-state index is -0.707. The van der Waals surface area contributed by atoms with E-state index in [0.29, 0.717) is 0 Å². The van der Waals surface area contributed by atoms with Gasteiger partial charge in [-0.2, -0.15) is 0 Å². The molecule has 98 valence electrons. The van der Waals surface area contributed by atoms with E-state index in [2.05, 4.69) is 10.3 Å². The number of amides is 2. The standard InChI is InChI=1S/C11H21N3O3/c1-8(9(15)12-7-14(5)6)13-10(16)17-11(2,3)4/h7-8H,1-6H3,(H,13,16). The normalized spacial score (nSPS) is 13.3. The molecular formula is C11H21N3O3. The molecule has 0 rings (SSSR count). The Labute approximate surface area is 102 Å². The summed E-state index contributed by atoms with van der Waals surface area (Å²) in [6.07, 6.45) is 0.758. The van der Waals surface area contributed by atoms with E-state index >= 15 is 0 Å². The number of hydrogen-bond acceptors (Lipinski definition) is 3. The van der Waals surface area contributed by atoms with Gasteiger partial charge in [0.1, 0.15) is 11.6 Å². The Kier molecular flexibility index (Phi) is 5.64. The van der Waals surface area contributed by atoms with Crippen LogP contribution in [0.1, 0.15) is 27.7 Å². The number of ether oxygens (including phenoxy) is 1. The van der Waals surface area contributed by atoms with E-state index < -0.39 is 23.6 Å². The largest absolute Gasteiger partial charge is 0.444 e. The molecule has 17 heavy (non-hydrogen) atoms. The van der Waals surface area contributed by atoms with Crippen molar-refractivity contribution in [2.24, 2.45) is 4.99 Å². The van der Waals surface area contributed by atoms with Gasteiger partial charge in [-0.05, 0) is 27.7 Å². The van der Waals surface area contributed by atoms with Crippen LogP contribution in [-0.4, -0.2) is 49.0 Å². The zero-order chi connectivity index (χ0) is 13.6. The van der Waals surface area contributed by atoms with Crippen LogP contribution in [0.25, 0.3) is 0 Å². The number of nitrogens with zero attached hydrogens (tertiary/aromatic N) is 2. The van der Waals surface area contributed by atoms with E-state index in [-0.39, 0.29) is 0 Å². The van der Waals surface area contributed by atoms with Crippen molar-refractivity contribution in [1.29, 1.82) is 0 Å². The van der Waals surface area contributed by atoms with Gasteiger partial charge in [0.2, 0.25) is 0 Å². The fourth-order valence-electron chi connectivity index (χ4n) is 0.830. The molecule has 0 saturated carbocycles. The summed E-state index contributed by atoms with van der Waals surface area (Å²) in [7, 11) is 3.51. The second-order valence-corrected chi connectivity index (χ2v) is 4.91. The monoisotopic (exact) mass is 243 g/mol. The lowest BCUT2D eigenvalue weighted by atomic mass is 10.2. The van der Waals surface area contributed by atoms with E-state index in [1.165, 1.54) is 6.34 Å². The van der Waals surface area contributed by atoms with Crippen LogP contribution >= 0.6 is 0 Å². The molecule has 0 aromatic carbocycles. The topological polar surface area (TPSA) is 71.0 Å². The first-order valence-corrected chi connectivity index (χ1v) is 5.36. The molecule has 0 fully saturated rings. The molecule has 0 heterocycles. The van der Waals surface area contributed by atoms with Crippen LogP contribution in [-0.2, 0) is 9.53 Å². The molecule has 0 aliphatic heterocycles. The highest BCUT2D eigenvalue weighted by molar-refractivity contribution is 5.90. The van der Waals surface area contributed by atoms with Crippen molar-refractivity contribution in [3.8, 4) is 0 Å². The highest BCUT2D eigenvalue weighted by atomic mass is 16.6. The molecule has 0 aromatic rings. The van der Waals surface area contributed by atoms with Crippen molar-refractivity contribution in [3.63, 3.8) is 0 Å². The van der Waals surface area contributed by atoms with Gasteiger partial charge in [0, 0.05) is 14.1 Å². The maximum absolute atomic E-state index is 11.5. The fourth-order valence-corrected chi connectivity index (χ4v) is 0.830. The summed E-state index contributed by atoms with van der Waals surface area (Å²) in [5.74, 6) is -0.426. The molecular weight excluding hydrogens is 222 g/mol. The van der Waals surface area contributed by atoms with Gasteiger partial charge in [0.15, 0.2) is 0 Å². The maximum Gasteiger partial charge on any atom is 0.408 e. The van der Waals surface area contributed by atoms with Crippen LogP contribution in [0.4, 0.5) is 4.79 Å². The summed E-state index contributed by atoms with van der Waals surface area (Å²) >= 11 is 0. The number of carbonyl (C=O) groups is 2. The molecule has 0 saturated heterocycles. The molecule has 2 amide bonds. The third-order valence-electron chi connectivity index (χ3n) is 1.52. The number of rotatable bonds is 3. The van der Waals surface area contributed by atoms with Crippen molar-refractivity contribution in [2.75, 3.05) is 14.1 Å². The van der Waals surface area contributed by atoms with Gasteiger partial charge in [0.25, 0.3) is 5.91 Å². The maximum atomic E-state index is 11.5. The van der Waals surface area contributed by atoms with Gasteiger partial charge in [-0.1, -0.05) is 0 Å². The Balaban J connectivity index is 4.21. The van der Waals surface area contributed by atoms with Gasteiger partial charge in [0.05, 0.1) is 6.34 Å². The first-order valence-electron chi connectivity index (χ1n) is 5.36. The Hall–Kier alpha value is -1.59. The molecule has 6 heteroatoms. The van der Waals surface area contributed by atoms with E-state index in [1.807, 2.05) is 0 Å². The number of aliphatic imine (C=N–C) groups is 1. The molecule has 0 bridgehead atoms. The summed E-state index contributed by atoms with van der Waals surface area (Å²) < 4.78 is 5.02. The van der Waals surface area contributed by atoms with E-state index in [4.69, 9.17) is 4.74 Å². The van der Waals surface area contributed by atoms with Gasteiger partial charge < -0.3 is 15.0 Å². The fraction of sp³-hybridized carbons (Fsp3) is 0.727. The van der Waals surface area contributed by atoms with Crippen molar-refractivity contribution >= 4 is 18.3 Å². The Bertz CT molecular complexity index is 306. The van der Waals surface area contributed by atoms with Gasteiger partial charge in [-0.15, -0.1) is 0 Å². The van der Waals surface area contributed by atoms with E-state index in [9.17, 15) is 9.59 Å². The second-order valence-electron chi connectivity index (χ2n) is 4.91. The number of nitrogens with one attached hydrogen (secondary N) is 1. The van der Waals surface area contributed by atoms with Crippen molar-refractivity contribution in [2.45, 2.75) is 39.3 Å². The summed E-state index contributed by atoms with van der Waals surface area (Å²) in [6.45, 7) is 6.81. The third kappa shape index (κ3) is 8.24. The number of carbonyl (C=O) groups excluding carboxylic acids is 2. The van der Waals surface area contributed by atoms with Crippen LogP contribution in [0.3, 0.4) is 0 Å². The summed E-state index contributed by atoms with van der Waals surface area (Å²) in [4.78, 5) is 28.1. The molecule has 0 aromatic heterocycles. The average molecular weight is 243 g/mol. The molecule has 6 nitrogen and oxygen atoms in total. The van der Waals surface area contributed by atoms with Gasteiger partial charge in [-0.25, -0.2) is 9.79 Å². The minimum absolute atomic E-state index is 0.426. The van der Waals surface area contributed by atoms with E-state index in [1.54, 1.807) is 46.7 Å². The average Bonchev–Trinajstić information content (AvgIpc) is 2.10. The first-order chi connectivity index (χ1) is 7.61. The zero-order valence-corrected chi connectivity index (χ0v) is 11.3. The Morgan fingerprint density at radius 2 is 1.88 bits per heavy atom. The van der Waals surface area contributed by atoms with Crippen LogP contribution in [0.15, 0.2) is 4.99 Å². The molecule has 0 spiro atoms. The Morgan fingerprint density at radius 3 is 2.29 bits per heavy atom. The lowest BCUT2D eigenvalue weighted by molar-refractivity contribution is -0.119. The highest BCUT2D eigenvalue weighted by Crippen LogP contribution is 2.06. The SMILES string of the molecule is CC(NC(=O)OC(C)(C)C)C(=O)N=CN(C)C.